The summed E-state index contributed by atoms with van der Waals surface area (Å²) in [5.41, 5.74) is 0. The maximum Gasteiger partial charge on any atom is 2.00 e. The molecule has 0 saturated carbocycles. The van der Waals surface area contributed by atoms with E-state index >= 15 is 0 Å². The fraction of sp³-hybridized carbons (Fsp3) is 1.00. The molecule has 0 heterocycles. The van der Waals surface area contributed by atoms with Crippen LogP contribution in [0.5, 0.6) is 0 Å². The van der Waals surface area contributed by atoms with Gasteiger partial charge in [0.05, 0.1) is 45.0 Å². The van der Waals surface area contributed by atoms with Crippen molar-refractivity contribution in [1.82, 2.24) is 0 Å². The largest absolute Gasteiger partial charge is 2.00 e. The van der Waals surface area contributed by atoms with E-state index in [9.17, 15) is 25.9 Å². The van der Waals surface area contributed by atoms with Crippen LogP contribution in [-0.4, -0.2) is 60.9 Å². The van der Waals surface area contributed by atoms with Crippen molar-refractivity contribution in [1.29, 1.82) is 0 Å². The van der Waals surface area contributed by atoms with E-state index in [1.165, 1.54) is 0 Å². The molecule has 0 rings (SSSR count). The molecular weight excluding hydrogens is 304 g/mol. The predicted molar refractivity (Wildman–Crippen MR) is 43.3 cm³/mol. The van der Waals surface area contributed by atoms with Crippen molar-refractivity contribution in [3.05, 3.63) is 0 Å². The van der Waals surface area contributed by atoms with Crippen molar-refractivity contribution < 1.29 is 53.2 Å². The molecule has 0 aromatic heterocycles. The van der Waals surface area contributed by atoms with Gasteiger partial charge < -0.3 is 19.3 Å². The molecule has 2 N–H and O–H groups in total. The first-order chi connectivity index (χ1) is 6.12. The second kappa shape index (κ2) is 9.48. The van der Waals surface area contributed by atoms with Crippen molar-refractivity contribution in [2.75, 3.05) is 24.7 Å². The standard InChI is InChI=1S/2C2H6O4S.Cu/c2*3-1-2-7(4,5)6;/h2*3H,1-2H2,(H,4,5,6);/q;;+2/p-2. The van der Waals surface area contributed by atoms with Crippen LogP contribution in [-0.2, 0) is 37.3 Å². The maximum atomic E-state index is 9.52. The number of rotatable bonds is 4. The van der Waals surface area contributed by atoms with Gasteiger partial charge in [-0.2, -0.15) is 0 Å². The van der Waals surface area contributed by atoms with Gasteiger partial charge in [0.2, 0.25) is 0 Å². The zero-order valence-electron chi connectivity index (χ0n) is 7.29. The minimum atomic E-state index is -4.17. The molecule has 0 saturated heterocycles. The van der Waals surface area contributed by atoms with Gasteiger partial charge in [0.25, 0.3) is 0 Å². The summed E-state index contributed by atoms with van der Waals surface area (Å²) in [4.78, 5) is 0. The summed E-state index contributed by atoms with van der Waals surface area (Å²) in [7, 11) is -8.35. The first kappa shape index (κ1) is 20.6. The molecule has 8 nitrogen and oxygen atoms in total. The summed E-state index contributed by atoms with van der Waals surface area (Å²) < 4.78 is 57.1. The van der Waals surface area contributed by atoms with E-state index in [0.29, 0.717) is 0 Å². The third-order valence-corrected chi connectivity index (χ3v) is 2.05. The Morgan fingerprint density at radius 1 is 0.800 bits per heavy atom. The normalized spacial score (nSPS) is 10.9. The molecule has 0 aromatic rings. The maximum absolute atomic E-state index is 9.52. The van der Waals surface area contributed by atoms with Crippen LogP contribution in [0.1, 0.15) is 0 Å². The quantitative estimate of drug-likeness (QED) is 0.412. The smallest absolute Gasteiger partial charge is 0.748 e. The number of hydrogen-bond acceptors (Lipinski definition) is 8. The number of aliphatic hydroxyl groups excluding tert-OH is 2. The van der Waals surface area contributed by atoms with Gasteiger partial charge in [-0.05, 0) is 0 Å². The second-order valence-corrected chi connectivity index (χ2v) is 5.02. The van der Waals surface area contributed by atoms with Gasteiger partial charge in [-0.25, -0.2) is 16.8 Å². The summed E-state index contributed by atoms with van der Waals surface area (Å²) >= 11 is 0. The summed E-state index contributed by atoms with van der Waals surface area (Å²) in [6.07, 6.45) is 0. The van der Waals surface area contributed by atoms with Crippen molar-refractivity contribution in [3.63, 3.8) is 0 Å². The Kier molecular flexibility index (Phi) is 13.1. The molecule has 0 fully saturated rings. The summed E-state index contributed by atoms with van der Waals surface area (Å²) in [5, 5.41) is 15.6. The van der Waals surface area contributed by atoms with Crippen LogP contribution in [0.2, 0.25) is 0 Å². The molecule has 11 heteroatoms. The van der Waals surface area contributed by atoms with Crippen LogP contribution in [0, 0.1) is 0 Å². The first-order valence-corrected chi connectivity index (χ1v) is 6.36. The van der Waals surface area contributed by atoms with Gasteiger partial charge >= 0.3 is 17.1 Å². The summed E-state index contributed by atoms with van der Waals surface area (Å²) in [6.45, 7) is -1.18. The fourth-order valence-corrected chi connectivity index (χ4v) is 0.671. The molecule has 0 unspecified atom stereocenters. The van der Waals surface area contributed by atoms with Crippen LogP contribution in [0.3, 0.4) is 0 Å². The van der Waals surface area contributed by atoms with E-state index in [1.807, 2.05) is 0 Å². The molecule has 0 bridgehead atoms. The van der Waals surface area contributed by atoms with Crippen LogP contribution in [0.4, 0.5) is 0 Å². The minimum absolute atomic E-state index is 0. The first-order valence-electron chi connectivity index (χ1n) is 3.21. The molecule has 0 aliphatic carbocycles. The van der Waals surface area contributed by atoms with Crippen LogP contribution >= 0.6 is 0 Å². The molecular formula is C4H10CuO8S2. The van der Waals surface area contributed by atoms with Gasteiger partial charge in [-0.15, -0.1) is 0 Å². The monoisotopic (exact) mass is 313 g/mol. The van der Waals surface area contributed by atoms with Gasteiger partial charge in [-0.1, -0.05) is 0 Å². The third kappa shape index (κ3) is 31.4. The van der Waals surface area contributed by atoms with E-state index in [2.05, 4.69) is 0 Å². The zero-order chi connectivity index (χ0) is 11.8. The molecule has 97 valence electrons. The predicted octanol–water partition coefficient (Wildman–Crippen LogP) is -2.95. The van der Waals surface area contributed by atoms with Crippen LogP contribution in [0.15, 0.2) is 0 Å². The van der Waals surface area contributed by atoms with Crippen molar-refractivity contribution in [2.45, 2.75) is 0 Å². The number of hydrogen-bond donors (Lipinski definition) is 2. The van der Waals surface area contributed by atoms with Gasteiger partial charge in [-0.3, -0.25) is 0 Å². The molecule has 0 aromatic carbocycles. The summed E-state index contributed by atoms with van der Waals surface area (Å²) in [5.74, 6) is -1.38. The van der Waals surface area contributed by atoms with Gasteiger partial charge in [0.1, 0.15) is 0 Å². The Hall–Kier alpha value is 0.259. The van der Waals surface area contributed by atoms with E-state index in [1.54, 1.807) is 0 Å². The Bertz CT molecular complexity index is 285. The average molecular weight is 314 g/mol. The molecule has 1 radical (unpaired) electrons. The van der Waals surface area contributed by atoms with E-state index in [4.69, 9.17) is 10.2 Å². The number of aliphatic hydroxyl groups is 2. The molecule has 15 heavy (non-hydrogen) atoms. The molecule has 0 atom stereocenters. The van der Waals surface area contributed by atoms with E-state index in [0.717, 1.165) is 0 Å². The third-order valence-electron chi connectivity index (χ3n) is 0.683. The van der Waals surface area contributed by atoms with Crippen molar-refractivity contribution in [3.8, 4) is 0 Å². The zero-order valence-corrected chi connectivity index (χ0v) is 9.86. The second-order valence-electron chi connectivity index (χ2n) is 1.97. The SMILES string of the molecule is O=S(=O)([O-])CCO.O=S(=O)([O-])CCO.[Cu+2]. The minimum Gasteiger partial charge on any atom is -0.748 e. The van der Waals surface area contributed by atoms with Gasteiger partial charge in [0.15, 0.2) is 0 Å². The molecule has 0 aliphatic rings. The Balaban J connectivity index is -0.000000180. The molecule has 0 aliphatic heterocycles. The van der Waals surface area contributed by atoms with Crippen LogP contribution in [0.25, 0.3) is 0 Å². The Morgan fingerprint density at radius 2 is 1.00 bits per heavy atom. The average Bonchev–Trinajstić information content (AvgIpc) is 1.81. The Labute approximate surface area is 98.3 Å². The molecule has 0 spiro atoms. The summed E-state index contributed by atoms with van der Waals surface area (Å²) in [6, 6.07) is 0. The fourth-order valence-electron chi connectivity index (χ4n) is 0.224. The van der Waals surface area contributed by atoms with E-state index < -0.39 is 45.0 Å². The Morgan fingerprint density at radius 3 is 1.00 bits per heavy atom. The molecule has 0 amide bonds. The van der Waals surface area contributed by atoms with Crippen LogP contribution < -0.4 is 0 Å². The van der Waals surface area contributed by atoms with Crippen molar-refractivity contribution in [2.24, 2.45) is 0 Å². The van der Waals surface area contributed by atoms with E-state index in [-0.39, 0.29) is 17.1 Å². The van der Waals surface area contributed by atoms with Gasteiger partial charge in [0, 0.05) is 0 Å². The topological polar surface area (TPSA) is 155 Å². The van der Waals surface area contributed by atoms with Crippen molar-refractivity contribution >= 4 is 20.2 Å².